The number of aromatic amines is 1. The topological polar surface area (TPSA) is 84.8 Å². The van der Waals surface area contributed by atoms with Gasteiger partial charge in [-0.15, -0.1) is 0 Å². The van der Waals surface area contributed by atoms with Gasteiger partial charge in [0.2, 0.25) is 0 Å². The van der Waals surface area contributed by atoms with Gasteiger partial charge in [0, 0.05) is 25.0 Å². The molecule has 0 spiro atoms. The number of nitrogens with one attached hydrogen (secondary N) is 2. The first-order chi connectivity index (χ1) is 12.7. The highest BCUT2D eigenvalue weighted by Crippen LogP contribution is 2.40. The van der Waals surface area contributed by atoms with Crippen LogP contribution in [0.2, 0.25) is 0 Å². The van der Waals surface area contributed by atoms with Gasteiger partial charge >= 0.3 is 0 Å². The number of benzene rings is 1. The van der Waals surface area contributed by atoms with Gasteiger partial charge < -0.3 is 14.6 Å². The van der Waals surface area contributed by atoms with Gasteiger partial charge in [-0.25, -0.2) is 4.98 Å². The molecule has 26 heavy (non-hydrogen) atoms. The Balaban J connectivity index is 1.61. The van der Waals surface area contributed by atoms with Crippen LogP contribution in [0.25, 0.3) is 11.3 Å². The minimum Gasteiger partial charge on any atom is -0.497 e. The second kappa shape index (κ2) is 6.67. The van der Waals surface area contributed by atoms with Gasteiger partial charge in [0.25, 0.3) is 5.91 Å². The minimum atomic E-state index is -0.156. The van der Waals surface area contributed by atoms with Crippen molar-refractivity contribution in [3.05, 3.63) is 54.2 Å². The Bertz CT molecular complexity index is 925. The molecule has 2 N–H and O–H groups in total. The van der Waals surface area contributed by atoms with Crippen molar-refractivity contribution in [1.82, 2.24) is 25.1 Å². The molecule has 0 radical (unpaired) electrons. The number of hydrogen-bond donors (Lipinski definition) is 2. The van der Waals surface area contributed by atoms with Gasteiger partial charge in [-0.3, -0.25) is 9.89 Å². The molecule has 134 valence electrons. The number of carbonyl (C=O) groups excluding carboxylic acids is 1. The van der Waals surface area contributed by atoms with Crippen molar-refractivity contribution in [3.8, 4) is 17.0 Å². The van der Waals surface area contributed by atoms with Crippen LogP contribution >= 0.6 is 0 Å². The summed E-state index contributed by atoms with van der Waals surface area (Å²) in [6.07, 6.45) is 7.43. The van der Waals surface area contributed by atoms with Crippen LogP contribution in [0.4, 0.5) is 0 Å². The highest BCUT2D eigenvalue weighted by atomic mass is 16.5. The molecule has 0 aliphatic heterocycles. The summed E-state index contributed by atoms with van der Waals surface area (Å²) in [5, 5.41) is 10.2. The van der Waals surface area contributed by atoms with Crippen LogP contribution in [0.5, 0.6) is 5.75 Å². The summed E-state index contributed by atoms with van der Waals surface area (Å²) in [5.41, 5.74) is 2.04. The van der Waals surface area contributed by atoms with Crippen LogP contribution in [-0.2, 0) is 7.05 Å². The standard InChI is InChI=1S/C19H21N5O2/c1-24-9-8-20-18(24)17(12-6-7-12)22-19(25)15-11-21-23-16(15)13-4-3-5-14(10-13)26-2/h3-5,8-12,17H,6-7H2,1-2H3,(H,21,23)(H,22,25). The Morgan fingerprint density at radius 1 is 1.42 bits per heavy atom. The Morgan fingerprint density at radius 3 is 2.96 bits per heavy atom. The SMILES string of the molecule is COc1cccc(-c2[nH]ncc2C(=O)NC(c2nccn2C)C2CC2)c1. The van der Waals surface area contributed by atoms with Crippen LogP contribution in [0.15, 0.2) is 42.9 Å². The normalized spacial score (nSPS) is 14.8. The lowest BCUT2D eigenvalue weighted by atomic mass is 10.1. The van der Waals surface area contributed by atoms with Gasteiger partial charge in [-0.05, 0) is 30.9 Å². The molecular weight excluding hydrogens is 330 g/mol. The Kier molecular flexibility index (Phi) is 4.20. The third-order valence-corrected chi connectivity index (χ3v) is 4.76. The van der Waals surface area contributed by atoms with Crippen LogP contribution in [0.1, 0.15) is 35.1 Å². The summed E-state index contributed by atoms with van der Waals surface area (Å²) in [4.78, 5) is 17.4. The van der Waals surface area contributed by atoms with Gasteiger partial charge in [0.05, 0.1) is 30.6 Å². The van der Waals surface area contributed by atoms with E-state index in [1.165, 1.54) is 0 Å². The summed E-state index contributed by atoms with van der Waals surface area (Å²) in [5.74, 6) is 1.89. The number of aryl methyl sites for hydroxylation is 1. The molecule has 0 saturated heterocycles. The average Bonchev–Trinajstić information content (AvgIpc) is 3.22. The molecule has 7 nitrogen and oxygen atoms in total. The highest BCUT2D eigenvalue weighted by Gasteiger charge is 2.36. The molecule has 1 aliphatic rings. The third kappa shape index (κ3) is 3.08. The number of amides is 1. The Hall–Kier alpha value is -3.09. The molecule has 1 saturated carbocycles. The van der Waals surface area contributed by atoms with Crippen LogP contribution < -0.4 is 10.1 Å². The fourth-order valence-corrected chi connectivity index (χ4v) is 3.18. The van der Waals surface area contributed by atoms with Crippen molar-refractivity contribution >= 4 is 5.91 Å². The van der Waals surface area contributed by atoms with Crippen molar-refractivity contribution in [2.75, 3.05) is 7.11 Å². The van der Waals surface area contributed by atoms with Gasteiger partial charge in [0.1, 0.15) is 11.6 Å². The summed E-state index contributed by atoms with van der Waals surface area (Å²) >= 11 is 0. The van der Waals surface area contributed by atoms with E-state index in [1.807, 2.05) is 42.1 Å². The van der Waals surface area contributed by atoms with E-state index in [-0.39, 0.29) is 11.9 Å². The molecule has 2 aromatic heterocycles. The molecule has 0 bridgehead atoms. The first-order valence-electron chi connectivity index (χ1n) is 8.63. The molecular formula is C19H21N5O2. The molecule has 4 rings (SSSR count). The predicted octanol–water partition coefficient (Wildman–Crippen LogP) is 2.70. The fraction of sp³-hybridized carbons (Fsp3) is 0.316. The quantitative estimate of drug-likeness (QED) is 0.715. The van der Waals surface area contributed by atoms with Crippen molar-refractivity contribution < 1.29 is 9.53 Å². The van der Waals surface area contributed by atoms with Crippen LogP contribution in [-0.4, -0.2) is 32.8 Å². The van der Waals surface area contributed by atoms with E-state index < -0.39 is 0 Å². The minimum absolute atomic E-state index is 0.0874. The van der Waals surface area contributed by atoms with Crippen molar-refractivity contribution in [2.45, 2.75) is 18.9 Å². The van der Waals surface area contributed by atoms with Gasteiger partial charge in [0.15, 0.2) is 0 Å². The summed E-state index contributed by atoms with van der Waals surface area (Å²) in [6, 6.07) is 7.46. The number of aromatic nitrogens is 4. The van der Waals surface area contributed by atoms with E-state index in [4.69, 9.17) is 4.74 Å². The molecule has 7 heteroatoms. The maximum Gasteiger partial charge on any atom is 0.255 e. The highest BCUT2D eigenvalue weighted by molar-refractivity contribution is 6.00. The smallest absolute Gasteiger partial charge is 0.255 e. The maximum absolute atomic E-state index is 13.0. The zero-order chi connectivity index (χ0) is 18.1. The fourth-order valence-electron chi connectivity index (χ4n) is 3.18. The van der Waals surface area contributed by atoms with E-state index in [2.05, 4.69) is 20.5 Å². The molecule has 1 aromatic carbocycles. The number of ether oxygens (including phenoxy) is 1. The summed E-state index contributed by atoms with van der Waals surface area (Å²) in [7, 11) is 3.57. The molecule has 2 heterocycles. The number of nitrogens with zero attached hydrogens (tertiary/aromatic N) is 3. The number of methoxy groups -OCH3 is 1. The van der Waals surface area contributed by atoms with Gasteiger partial charge in [-0.2, -0.15) is 5.10 Å². The van der Waals surface area contributed by atoms with E-state index in [1.54, 1.807) is 19.5 Å². The van der Waals surface area contributed by atoms with Gasteiger partial charge in [-0.1, -0.05) is 12.1 Å². The van der Waals surface area contributed by atoms with Crippen LogP contribution in [0.3, 0.4) is 0 Å². The first kappa shape index (κ1) is 16.4. The Labute approximate surface area is 151 Å². The number of rotatable bonds is 6. The second-order valence-electron chi connectivity index (χ2n) is 6.58. The van der Waals surface area contributed by atoms with E-state index in [0.29, 0.717) is 17.2 Å². The molecule has 3 aromatic rings. The maximum atomic E-state index is 13.0. The number of imidazole rings is 1. The number of H-pyrrole nitrogens is 1. The predicted molar refractivity (Wildman–Crippen MR) is 96.7 cm³/mol. The van der Waals surface area contributed by atoms with Crippen LogP contribution in [0, 0.1) is 5.92 Å². The molecule has 1 amide bonds. The second-order valence-corrected chi connectivity index (χ2v) is 6.58. The monoisotopic (exact) mass is 351 g/mol. The lowest BCUT2D eigenvalue weighted by molar-refractivity contribution is 0.0929. The lowest BCUT2D eigenvalue weighted by Crippen LogP contribution is -2.31. The lowest BCUT2D eigenvalue weighted by Gasteiger charge is -2.18. The first-order valence-corrected chi connectivity index (χ1v) is 8.63. The molecule has 1 atom stereocenters. The zero-order valence-corrected chi connectivity index (χ0v) is 14.8. The average molecular weight is 351 g/mol. The van der Waals surface area contributed by atoms with E-state index >= 15 is 0 Å². The third-order valence-electron chi connectivity index (χ3n) is 4.76. The van der Waals surface area contributed by atoms with E-state index in [9.17, 15) is 4.79 Å². The molecule has 1 aliphatic carbocycles. The molecule has 1 unspecified atom stereocenters. The van der Waals surface area contributed by atoms with E-state index in [0.717, 1.165) is 30.0 Å². The summed E-state index contributed by atoms with van der Waals surface area (Å²) in [6.45, 7) is 0. The molecule has 1 fully saturated rings. The number of hydrogen-bond acceptors (Lipinski definition) is 4. The largest absolute Gasteiger partial charge is 0.497 e. The van der Waals surface area contributed by atoms with Crippen molar-refractivity contribution in [2.24, 2.45) is 13.0 Å². The zero-order valence-electron chi connectivity index (χ0n) is 14.8. The Morgan fingerprint density at radius 2 is 2.27 bits per heavy atom. The summed E-state index contributed by atoms with van der Waals surface area (Å²) < 4.78 is 7.23. The van der Waals surface area contributed by atoms with Crippen molar-refractivity contribution in [3.63, 3.8) is 0 Å². The number of carbonyl (C=O) groups is 1. The van der Waals surface area contributed by atoms with Crippen molar-refractivity contribution in [1.29, 1.82) is 0 Å².